The van der Waals surface area contributed by atoms with Crippen LogP contribution in [-0.4, -0.2) is 35.1 Å². The number of carbonyl (C=O) groups is 2. The van der Waals surface area contributed by atoms with E-state index in [4.69, 9.17) is 14.2 Å². The van der Waals surface area contributed by atoms with Crippen LogP contribution >= 0.6 is 0 Å². The van der Waals surface area contributed by atoms with Crippen LogP contribution in [0.4, 0.5) is 0 Å². The molecule has 0 aliphatic carbocycles. The number of ether oxygens (including phenoxy) is 3. The van der Waals surface area contributed by atoms with Crippen LogP contribution in [0.2, 0.25) is 0 Å². The fourth-order valence-electron chi connectivity index (χ4n) is 3.50. The topological polar surface area (TPSA) is 109 Å². The van der Waals surface area contributed by atoms with Crippen LogP contribution in [-0.2, 0) is 16.1 Å². The van der Waals surface area contributed by atoms with Gasteiger partial charge >= 0.3 is 5.97 Å². The number of aromatic nitrogens is 2. The summed E-state index contributed by atoms with van der Waals surface area (Å²) in [6, 6.07) is 11.8. The Balaban J connectivity index is 1.44. The molecule has 32 heavy (non-hydrogen) atoms. The van der Waals surface area contributed by atoms with E-state index in [0.29, 0.717) is 35.2 Å². The van der Waals surface area contributed by atoms with Crippen molar-refractivity contribution in [3.63, 3.8) is 0 Å². The number of esters is 1. The zero-order chi connectivity index (χ0) is 22.7. The van der Waals surface area contributed by atoms with Crippen LogP contribution in [0.1, 0.15) is 42.4 Å². The van der Waals surface area contributed by atoms with Crippen molar-refractivity contribution in [1.82, 2.24) is 15.1 Å². The Morgan fingerprint density at radius 3 is 2.69 bits per heavy atom. The Bertz CT molecular complexity index is 1240. The largest absolute Gasteiger partial charge is 0.454 e. The van der Waals surface area contributed by atoms with Gasteiger partial charge in [0.05, 0.1) is 11.4 Å². The first-order valence-corrected chi connectivity index (χ1v) is 10.3. The van der Waals surface area contributed by atoms with Crippen molar-refractivity contribution in [2.24, 2.45) is 0 Å². The van der Waals surface area contributed by atoms with Crippen LogP contribution in [0.15, 0.2) is 47.3 Å². The number of fused-ring (bicyclic) bond motifs is 2. The third-order valence-electron chi connectivity index (χ3n) is 5.10. The fourth-order valence-corrected chi connectivity index (χ4v) is 3.50. The number of aryl methyl sites for hydroxylation is 1. The SMILES string of the molecule is CCCn1nc(C(=O)OCC(=O)NC(C)c2ccc3c(c2)OCO3)c2ccccc2c1=O. The summed E-state index contributed by atoms with van der Waals surface area (Å²) in [5, 5.41) is 7.74. The maximum atomic E-state index is 12.7. The summed E-state index contributed by atoms with van der Waals surface area (Å²) < 4.78 is 17.1. The van der Waals surface area contributed by atoms with E-state index in [1.807, 2.05) is 19.9 Å². The summed E-state index contributed by atoms with van der Waals surface area (Å²) in [5.41, 5.74) is 0.563. The van der Waals surface area contributed by atoms with Gasteiger partial charge in [-0.1, -0.05) is 31.2 Å². The minimum atomic E-state index is -0.767. The number of hydrogen-bond donors (Lipinski definition) is 1. The lowest BCUT2D eigenvalue weighted by atomic mass is 10.1. The molecule has 1 aliphatic heterocycles. The molecule has 0 radical (unpaired) electrons. The van der Waals surface area contributed by atoms with Gasteiger partial charge in [-0.25, -0.2) is 9.48 Å². The summed E-state index contributed by atoms with van der Waals surface area (Å²) >= 11 is 0. The van der Waals surface area contributed by atoms with Crippen molar-refractivity contribution < 1.29 is 23.8 Å². The van der Waals surface area contributed by atoms with E-state index in [-0.39, 0.29) is 24.1 Å². The number of nitrogens with zero attached hydrogens (tertiary/aromatic N) is 2. The molecule has 9 heteroatoms. The molecule has 3 aromatic rings. The van der Waals surface area contributed by atoms with Gasteiger partial charge in [0.2, 0.25) is 6.79 Å². The van der Waals surface area contributed by atoms with Gasteiger partial charge in [-0.15, -0.1) is 0 Å². The normalized spacial score (nSPS) is 13.1. The molecule has 1 aliphatic rings. The number of benzene rings is 2. The van der Waals surface area contributed by atoms with Crippen LogP contribution in [0, 0.1) is 0 Å². The van der Waals surface area contributed by atoms with Gasteiger partial charge in [0.15, 0.2) is 23.8 Å². The Labute approximate surface area is 183 Å². The molecule has 2 heterocycles. The molecule has 0 fully saturated rings. The van der Waals surface area contributed by atoms with E-state index in [0.717, 1.165) is 5.56 Å². The molecule has 2 aromatic carbocycles. The molecule has 1 N–H and O–H groups in total. The molecule has 0 bridgehead atoms. The molecule has 166 valence electrons. The molecule has 4 rings (SSSR count). The molecule has 1 unspecified atom stereocenters. The van der Waals surface area contributed by atoms with E-state index < -0.39 is 18.5 Å². The smallest absolute Gasteiger partial charge is 0.359 e. The average Bonchev–Trinajstić information content (AvgIpc) is 3.27. The molecule has 1 atom stereocenters. The number of amides is 1. The summed E-state index contributed by atoms with van der Waals surface area (Å²) in [6.07, 6.45) is 0.680. The average molecular weight is 437 g/mol. The van der Waals surface area contributed by atoms with Gasteiger partial charge in [0.1, 0.15) is 0 Å². The molecule has 9 nitrogen and oxygen atoms in total. The van der Waals surface area contributed by atoms with Gasteiger partial charge in [-0.2, -0.15) is 5.10 Å². The Kier molecular flexibility index (Phi) is 6.07. The predicted molar refractivity (Wildman–Crippen MR) is 116 cm³/mol. The quantitative estimate of drug-likeness (QED) is 0.566. The molecular weight excluding hydrogens is 414 g/mol. The second kappa shape index (κ2) is 9.09. The van der Waals surface area contributed by atoms with E-state index in [1.165, 1.54) is 4.68 Å². The lowest BCUT2D eigenvalue weighted by Gasteiger charge is -2.15. The third kappa shape index (κ3) is 4.27. The highest BCUT2D eigenvalue weighted by molar-refractivity contribution is 6.02. The minimum Gasteiger partial charge on any atom is -0.454 e. The molecule has 0 saturated heterocycles. The molecule has 1 amide bonds. The fraction of sp³-hybridized carbons (Fsp3) is 0.304. The van der Waals surface area contributed by atoms with Gasteiger partial charge in [-0.05, 0) is 37.1 Å². The van der Waals surface area contributed by atoms with Crippen molar-refractivity contribution in [3.8, 4) is 11.5 Å². The zero-order valence-electron chi connectivity index (χ0n) is 17.8. The van der Waals surface area contributed by atoms with Crippen molar-refractivity contribution in [2.45, 2.75) is 32.9 Å². The van der Waals surface area contributed by atoms with Gasteiger partial charge in [0.25, 0.3) is 11.5 Å². The number of carbonyl (C=O) groups excluding carboxylic acids is 2. The molecule has 0 spiro atoms. The van der Waals surface area contributed by atoms with Crippen LogP contribution in [0.5, 0.6) is 11.5 Å². The summed E-state index contributed by atoms with van der Waals surface area (Å²) in [7, 11) is 0. The van der Waals surface area contributed by atoms with Crippen molar-refractivity contribution in [2.75, 3.05) is 13.4 Å². The molecule has 1 aromatic heterocycles. The molecular formula is C23H23N3O6. The van der Waals surface area contributed by atoms with E-state index in [2.05, 4.69) is 10.4 Å². The van der Waals surface area contributed by atoms with Gasteiger partial charge < -0.3 is 19.5 Å². The maximum Gasteiger partial charge on any atom is 0.359 e. The van der Waals surface area contributed by atoms with Crippen LogP contribution < -0.4 is 20.3 Å². The van der Waals surface area contributed by atoms with Gasteiger partial charge in [-0.3, -0.25) is 9.59 Å². The third-order valence-corrected chi connectivity index (χ3v) is 5.10. The van der Waals surface area contributed by atoms with Crippen LogP contribution in [0.25, 0.3) is 10.8 Å². The standard InChI is InChI=1S/C23H23N3O6/c1-3-10-26-22(28)17-7-5-4-6-16(17)21(25-26)23(29)30-12-20(27)24-14(2)15-8-9-18-19(11-15)32-13-31-18/h4-9,11,14H,3,10,12-13H2,1-2H3,(H,24,27). The number of nitrogens with one attached hydrogen (secondary N) is 1. The van der Waals surface area contributed by atoms with E-state index in [9.17, 15) is 14.4 Å². The summed E-state index contributed by atoms with van der Waals surface area (Å²) in [5.74, 6) is 0.0483. The van der Waals surface area contributed by atoms with Crippen LogP contribution in [0.3, 0.4) is 0 Å². The van der Waals surface area contributed by atoms with E-state index >= 15 is 0 Å². The lowest BCUT2D eigenvalue weighted by molar-refractivity contribution is -0.124. The van der Waals surface area contributed by atoms with Crippen molar-refractivity contribution in [1.29, 1.82) is 0 Å². The lowest BCUT2D eigenvalue weighted by Crippen LogP contribution is -2.32. The van der Waals surface area contributed by atoms with E-state index in [1.54, 1.807) is 36.4 Å². The number of rotatable bonds is 7. The first-order chi connectivity index (χ1) is 15.5. The van der Waals surface area contributed by atoms with Gasteiger partial charge in [0, 0.05) is 11.9 Å². The monoisotopic (exact) mass is 437 g/mol. The Morgan fingerprint density at radius 2 is 1.91 bits per heavy atom. The second-order valence-electron chi connectivity index (χ2n) is 7.40. The van der Waals surface area contributed by atoms with Crippen molar-refractivity contribution >= 4 is 22.6 Å². The second-order valence-corrected chi connectivity index (χ2v) is 7.40. The van der Waals surface area contributed by atoms with Crippen molar-refractivity contribution in [3.05, 3.63) is 64.1 Å². The Morgan fingerprint density at radius 1 is 1.16 bits per heavy atom. The number of hydrogen-bond acceptors (Lipinski definition) is 7. The highest BCUT2D eigenvalue weighted by atomic mass is 16.7. The Hall–Kier alpha value is -3.88. The first-order valence-electron chi connectivity index (χ1n) is 10.3. The predicted octanol–water partition coefficient (Wildman–Crippen LogP) is 2.57. The zero-order valence-corrected chi connectivity index (χ0v) is 17.8. The minimum absolute atomic E-state index is 0.00488. The highest BCUT2D eigenvalue weighted by Crippen LogP contribution is 2.34. The maximum absolute atomic E-state index is 12.7. The summed E-state index contributed by atoms with van der Waals surface area (Å²) in [4.78, 5) is 37.6. The molecule has 0 saturated carbocycles. The highest BCUT2D eigenvalue weighted by Gasteiger charge is 2.20. The summed E-state index contributed by atoms with van der Waals surface area (Å²) in [6.45, 7) is 3.79. The first kappa shape index (κ1) is 21.4.